The first kappa shape index (κ1) is 10.5. The number of thioether (sulfide) groups is 1. The number of benzene rings is 1. The highest BCUT2D eigenvalue weighted by molar-refractivity contribution is 8.02. The van der Waals surface area contributed by atoms with Crippen molar-refractivity contribution >= 4 is 17.5 Å². The molecule has 1 unspecified atom stereocenters. The smallest absolute Gasteiger partial charge is 0.157 e. The SMILES string of the molecule is O=C1C=CSC(CCc2ccccc2)C1. The Kier molecular flexibility index (Phi) is 3.62. The van der Waals surface area contributed by atoms with Crippen molar-refractivity contribution < 1.29 is 4.79 Å². The lowest BCUT2D eigenvalue weighted by molar-refractivity contribution is -0.114. The second-order valence-corrected chi connectivity index (χ2v) is 4.97. The van der Waals surface area contributed by atoms with E-state index in [9.17, 15) is 4.79 Å². The van der Waals surface area contributed by atoms with Gasteiger partial charge in [0.05, 0.1) is 0 Å². The van der Waals surface area contributed by atoms with Crippen LogP contribution in [0.2, 0.25) is 0 Å². The molecule has 0 fully saturated rings. The molecular weight excluding hydrogens is 204 g/mol. The summed E-state index contributed by atoms with van der Waals surface area (Å²) in [6, 6.07) is 10.4. The summed E-state index contributed by atoms with van der Waals surface area (Å²) in [7, 11) is 0. The first-order valence-electron chi connectivity index (χ1n) is 5.23. The van der Waals surface area contributed by atoms with Gasteiger partial charge in [-0.3, -0.25) is 4.79 Å². The summed E-state index contributed by atoms with van der Waals surface area (Å²) in [5.74, 6) is 0.270. The molecule has 1 aliphatic rings. The van der Waals surface area contributed by atoms with Gasteiger partial charge in [0.15, 0.2) is 5.78 Å². The zero-order valence-corrected chi connectivity index (χ0v) is 9.37. The summed E-state index contributed by atoms with van der Waals surface area (Å²) in [5, 5.41) is 2.41. The molecule has 0 aliphatic carbocycles. The molecule has 0 saturated carbocycles. The quantitative estimate of drug-likeness (QED) is 0.775. The van der Waals surface area contributed by atoms with Crippen LogP contribution in [0, 0.1) is 0 Å². The molecule has 1 aromatic rings. The Morgan fingerprint density at radius 1 is 1.27 bits per heavy atom. The fourth-order valence-corrected chi connectivity index (χ4v) is 2.68. The molecule has 1 nitrogen and oxygen atoms in total. The number of carbonyl (C=O) groups is 1. The molecule has 2 heteroatoms. The predicted octanol–water partition coefficient (Wildman–Crippen LogP) is 3.21. The summed E-state index contributed by atoms with van der Waals surface area (Å²) in [6.45, 7) is 0. The minimum Gasteiger partial charge on any atom is -0.295 e. The van der Waals surface area contributed by atoms with E-state index in [0.717, 1.165) is 12.8 Å². The van der Waals surface area contributed by atoms with Crippen LogP contribution >= 0.6 is 11.8 Å². The molecule has 1 aromatic carbocycles. The number of allylic oxidation sites excluding steroid dienone is 1. The molecule has 15 heavy (non-hydrogen) atoms. The Morgan fingerprint density at radius 3 is 2.80 bits per heavy atom. The van der Waals surface area contributed by atoms with E-state index in [2.05, 4.69) is 24.3 Å². The van der Waals surface area contributed by atoms with Gasteiger partial charge in [0.1, 0.15) is 0 Å². The molecule has 78 valence electrons. The van der Waals surface area contributed by atoms with Crippen molar-refractivity contribution in [1.29, 1.82) is 0 Å². The first-order chi connectivity index (χ1) is 7.34. The third kappa shape index (κ3) is 3.24. The average Bonchev–Trinajstić information content (AvgIpc) is 2.28. The van der Waals surface area contributed by atoms with Gasteiger partial charge in [-0.1, -0.05) is 30.3 Å². The number of hydrogen-bond acceptors (Lipinski definition) is 2. The van der Waals surface area contributed by atoms with E-state index in [1.54, 1.807) is 17.8 Å². The third-order valence-corrected chi connectivity index (χ3v) is 3.63. The Hall–Kier alpha value is -1.02. The Balaban J connectivity index is 1.84. The van der Waals surface area contributed by atoms with Crippen molar-refractivity contribution in [2.45, 2.75) is 24.5 Å². The summed E-state index contributed by atoms with van der Waals surface area (Å²) in [4.78, 5) is 11.2. The van der Waals surface area contributed by atoms with Crippen LogP contribution in [-0.2, 0) is 11.2 Å². The lowest BCUT2D eigenvalue weighted by Crippen LogP contribution is -2.12. The maximum absolute atomic E-state index is 11.2. The molecule has 0 aromatic heterocycles. The van der Waals surface area contributed by atoms with Crippen LogP contribution < -0.4 is 0 Å². The number of rotatable bonds is 3. The fraction of sp³-hybridized carbons (Fsp3) is 0.308. The normalized spacial score (nSPS) is 20.5. The number of hydrogen-bond donors (Lipinski definition) is 0. The highest BCUT2D eigenvalue weighted by atomic mass is 32.2. The van der Waals surface area contributed by atoms with E-state index in [1.165, 1.54) is 5.56 Å². The van der Waals surface area contributed by atoms with Crippen LogP contribution in [0.15, 0.2) is 41.8 Å². The lowest BCUT2D eigenvalue weighted by Gasteiger charge is -2.15. The Bertz CT molecular complexity index is 356. The van der Waals surface area contributed by atoms with Gasteiger partial charge in [0.2, 0.25) is 0 Å². The Morgan fingerprint density at radius 2 is 2.07 bits per heavy atom. The van der Waals surface area contributed by atoms with Gasteiger partial charge < -0.3 is 0 Å². The molecule has 1 heterocycles. The Labute approximate surface area is 94.6 Å². The standard InChI is InChI=1S/C13H14OS/c14-12-8-9-15-13(10-12)7-6-11-4-2-1-3-5-11/h1-5,8-9,13H,6-7,10H2. The maximum atomic E-state index is 11.2. The van der Waals surface area contributed by atoms with Gasteiger partial charge in [-0.05, 0) is 29.9 Å². The first-order valence-corrected chi connectivity index (χ1v) is 6.17. The summed E-state index contributed by atoms with van der Waals surface area (Å²) in [5.41, 5.74) is 1.36. The number of aryl methyl sites for hydroxylation is 1. The monoisotopic (exact) mass is 218 g/mol. The van der Waals surface area contributed by atoms with E-state index in [1.807, 2.05) is 11.5 Å². The molecule has 0 amide bonds. The average molecular weight is 218 g/mol. The van der Waals surface area contributed by atoms with Crippen LogP contribution in [-0.4, -0.2) is 11.0 Å². The van der Waals surface area contributed by atoms with Crippen LogP contribution in [0.25, 0.3) is 0 Å². The second kappa shape index (κ2) is 5.17. The van der Waals surface area contributed by atoms with E-state index in [-0.39, 0.29) is 5.78 Å². The van der Waals surface area contributed by atoms with E-state index < -0.39 is 0 Å². The topological polar surface area (TPSA) is 17.1 Å². The van der Waals surface area contributed by atoms with Crippen molar-refractivity contribution in [3.63, 3.8) is 0 Å². The van der Waals surface area contributed by atoms with Crippen molar-refractivity contribution in [2.24, 2.45) is 0 Å². The highest BCUT2D eigenvalue weighted by Crippen LogP contribution is 2.25. The molecule has 0 saturated heterocycles. The number of carbonyl (C=O) groups excluding carboxylic acids is 1. The lowest BCUT2D eigenvalue weighted by atomic mass is 10.1. The van der Waals surface area contributed by atoms with E-state index in [0.29, 0.717) is 11.7 Å². The minimum absolute atomic E-state index is 0.270. The molecule has 0 N–H and O–H groups in total. The molecular formula is C13H14OS. The summed E-state index contributed by atoms with van der Waals surface area (Å²) >= 11 is 1.78. The fourth-order valence-electron chi connectivity index (χ4n) is 1.71. The van der Waals surface area contributed by atoms with Crippen molar-refractivity contribution in [3.05, 3.63) is 47.4 Å². The van der Waals surface area contributed by atoms with Gasteiger partial charge in [-0.15, -0.1) is 11.8 Å². The highest BCUT2D eigenvalue weighted by Gasteiger charge is 2.15. The third-order valence-electron chi connectivity index (χ3n) is 2.55. The van der Waals surface area contributed by atoms with Crippen molar-refractivity contribution in [3.8, 4) is 0 Å². The van der Waals surface area contributed by atoms with E-state index in [4.69, 9.17) is 0 Å². The number of ketones is 1. The van der Waals surface area contributed by atoms with Gasteiger partial charge in [0.25, 0.3) is 0 Å². The van der Waals surface area contributed by atoms with Crippen LogP contribution in [0.5, 0.6) is 0 Å². The minimum atomic E-state index is 0.270. The zero-order chi connectivity index (χ0) is 10.5. The molecule has 0 radical (unpaired) electrons. The van der Waals surface area contributed by atoms with Crippen LogP contribution in [0.1, 0.15) is 18.4 Å². The van der Waals surface area contributed by atoms with Gasteiger partial charge in [0, 0.05) is 11.7 Å². The summed E-state index contributed by atoms with van der Waals surface area (Å²) < 4.78 is 0. The van der Waals surface area contributed by atoms with Gasteiger partial charge in [-0.2, -0.15) is 0 Å². The largest absolute Gasteiger partial charge is 0.295 e. The zero-order valence-electron chi connectivity index (χ0n) is 8.56. The van der Waals surface area contributed by atoms with Crippen molar-refractivity contribution in [1.82, 2.24) is 0 Å². The van der Waals surface area contributed by atoms with Crippen LogP contribution in [0.4, 0.5) is 0 Å². The van der Waals surface area contributed by atoms with Gasteiger partial charge >= 0.3 is 0 Å². The second-order valence-electron chi connectivity index (χ2n) is 3.76. The molecule has 1 atom stereocenters. The summed E-state index contributed by atoms with van der Waals surface area (Å²) in [6.07, 6.45) is 4.54. The van der Waals surface area contributed by atoms with Crippen LogP contribution in [0.3, 0.4) is 0 Å². The van der Waals surface area contributed by atoms with Crippen molar-refractivity contribution in [2.75, 3.05) is 0 Å². The van der Waals surface area contributed by atoms with E-state index >= 15 is 0 Å². The molecule has 0 spiro atoms. The molecule has 0 bridgehead atoms. The van der Waals surface area contributed by atoms with Gasteiger partial charge in [-0.25, -0.2) is 0 Å². The molecule has 2 rings (SSSR count). The maximum Gasteiger partial charge on any atom is 0.157 e. The predicted molar refractivity (Wildman–Crippen MR) is 64.9 cm³/mol. The molecule has 1 aliphatic heterocycles.